The number of hydrogen-bond acceptors (Lipinski definition) is 2. The molecular formula is C19H29NO. The van der Waals surface area contributed by atoms with Crippen LogP contribution in [0.4, 0.5) is 0 Å². The Morgan fingerprint density at radius 1 is 1.29 bits per heavy atom. The van der Waals surface area contributed by atoms with Gasteiger partial charge in [0.05, 0.1) is 6.54 Å². The first-order valence-electron chi connectivity index (χ1n) is 8.72. The Hall–Kier alpha value is -0.760. The van der Waals surface area contributed by atoms with E-state index in [1.165, 1.54) is 31.4 Å². The average Bonchev–Trinajstić information content (AvgIpc) is 2.78. The molecular weight excluding hydrogens is 258 g/mol. The van der Waals surface area contributed by atoms with E-state index in [2.05, 4.69) is 45.1 Å². The van der Waals surface area contributed by atoms with Crippen molar-refractivity contribution < 1.29 is 4.42 Å². The lowest BCUT2D eigenvalue weighted by molar-refractivity contribution is 0.106. The first kappa shape index (κ1) is 13.9. The van der Waals surface area contributed by atoms with Gasteiger partial charge in [-0.15, -0.1) is 0 Å². The molecule has 2 bridgehead atoms. The zero-order valence-corrected chi connectivity index (χ0v) is 13.9. The summed E-state index contributed by atoms with van der Waals surface area (Å²) in [5, 5.41) is 3.85. The number of furan rings is 1. The van der Waals surface area contributed by atoms with Gasteiger partial charge in [-0.3, -0.25) is 0 Å². The topological polar surface area (TPSA) is 25.2 Å². The lowest BCUT2D eigenvalue weighted by atomic mass is 9.68. The van der Waals surface area contributed by atoms with Gasteiger partial charge in [0.25, 0.3) is 0 Å². The van der Waals surface area contributed by atoms with Crippen molar-refractivity contribution in [1.29, 1.82) is 0 Å². The van der Waals surface area contributed by atoms with Crippen LogP contribution in [0.1, 0.15) is 70.8 Å². The van der Waals surface area contributed by atoms with E-state index >= 15 is 0 Å². The van der Waals surface area contributed by atoms with Crippen molar-refractivity contribution in [2.24, 2.45) is 22.7 Å². The molecule has 3 saturated carbocycles. The highest BCUT2D eigenvalue weighted by atomic mass is 16.3. The van der Waals surface area contributed by atoms with Crippen LogP contribution in [0.3, 0.4) is 0 Å². The summed E-state index contributed by atoms with van der Waals surface area (Å²) in [5.41, 5.74) is 0.919. The summed E-state index contributed by atoms with van der Waals surface area (Å²) in [6, 6.07) is 4.99. The predicted octanol–water partition coefficient (Wildman–Crippen LogP) is 4.71. The van der Waals surface area contributed by atoms with Crippen LogP contribution >= 0.6 is 0 Å². The third-order valence-corrected chi connectivity index (χ3v) is 6.91. The molecule has 1 aromatic rings. The van der Waals surface area contributed by atoms with Crippen LogP contribution in [-0.4, -0.2) is 6.04 Å². The lowest BCUT2D eigenvalue weighted by Crippen LogP contribution is -2.49. The molecule has 0 amide bonds. The molecule has 0 saturated heterocycles. The van der Waals surface area contributed by atoms with E-state index in [-0.39, 0.29) is 0 Å². The van der Waals surface area contributed by atoms with Crippen molar-refractivity contribution in [2.75, 3.05) is 0 Å². The molecule has 1 heterocycles. The number of fused-ring (bicyclic) bond motifs is 2. The Labute approximate surface area is 128 Å². The van der Waals surface area contributed by atoms with E-state index < -0.39 is 0 Å². The van der Waals surface area contributed by atoms with Crippen molar-refractivity contribution in [1.82, 2.24) is 5.32 Å². The van der Waals surface area contributed by atoms with Gasteiger partial charge in [-0.25, -0.2) is 0 Å². The van der Waals surface area contributed by atoms with Gasteiger partial charge < -0.3 is 9.73 Å². The Morgan fingerprint density at radius 2 is 2.05 bits per heavy atom. The summed E-state index contributed by atoms with van der Waals surface area (Å²) < 4.78 is 6.06. The van der Waals surface area contributed by atoms with Gasteiger partial charge in [-0.05, 0) is 60.5 Å². The van der Waals surface area contributed by atoms with Crippen LogP contribution in [0.25, 0.3) is 0 Å². The van der Waals surface area contributed by atoms with Crippen molar-refractivity contribution in [3.05, 3.63) is 23.7 Å². The van der Waals surface area contributed by atoms with Crippen LogP contribution in [0.15, 0.2) is 16.5 Å². The molecule has 0 aliphatic heterocycles. The molecule has 0 radical (unpaired) electrons. The fourth-order valence-electron chi connectivity index (χ4n) is 5.42. The van der Waals surface area contributed by atoms with Gasteiger partial charge in [0.2, 0.25) is 0 Å². The second-order valence-electron chi connectivity index (χ2n) is 8.85. The van der Waals surface area contributed by atoms with E-state index in [9.17, 15) is 0 Å². The first-order valence-corrected chi connectivity index (χ1v) is 8.72. The van der Waals surface area contributed by atoms with Gasteiger partial charge >= 0.3 is 0 Å². The second-order valence-corrected chi connectivity index (χ2v) is 8.85. The fraction of sp³-hybridized carbons (Fsp3) is 0.789. The molecule has 4 rings (SSSR count). The van der Waals surface area contributed by atoms with Crippen molar-refractivity contribution in [3.63, 3.8) is 0 Å². The minimum absolute atomic E-state index is 0.424. The summed E-state index contributed by atoms with van der Waals surface area (Å²) in [4.78, 5) is 0. The predicted molar refractivity (Wildman–Crippen MR) is 85.1 cm³/mol. The molecule has 1 N–H and O–H groups in total. The van der Waals surface area contributed by atoms with Gasteiger partial charge in [-0.2, -0.15) is 0 Å². The molecule has 21 heavy (non-hydrogen) atoms. The minimum atomic E-state index is 0.424. The standard InChI is InChI=1S/C19H29NO/c1-12-9-15(12)16-6-5-14(21-16)11-20-17-18(2,3)13-7-8-19(17,4)10-13/h5-6,12-13,15,17,20H,7-11H2,1-4H3. The third kappa shape index (κ3) is 2.10. The molecule has 2 nitrogen and oxygen atoms in total. The Kier molecular flexibility index (Phi) is 2.89. The fourth-order valence-corrected chi connectivity index (χ4v) is 5.42. The van der Waals surface area contributed by atoms with Crippen LogP contribution < -0.4 is 5.32 Å². The molecule has 1 aromatic heterocycles. The highest BCUT2D eigenvalue weighted by Crippen LogP contribution is 2.62. The average molecular weight is 287 g/mol. The molecule has 116 valence electrons. The van der Waals surface area contributed by atoms with E-state index in [1.807, 2.05) is 0 Å². The maximum atomic E-state index is 6.06. The summed E-state index contributed by atoms with van der Waals surface area (Å²) in [7, 11) is 0. The Morgan fingerprint density at radius 3 is 2.67 bits per heavy atom. The van der Waals surface area contributed by atoms with Crippen LogP contribution in [0.2, 0.25) is 0 Å². The summed E-state index contributed by atoms with van der Waals surface area (Å²) in [6.45, 7) is 10.6. The van der Waals surface area contributed by atoms with E-state index in [0.29, 0.717) is 22.8 Å². The molecule has 0 aromatic carbocycles. The van der Waals surface area contributed by atoms with Gasteiger partial charge in [0, 0.05) is 12.0 Å². The summed E-state index contributed by atoms with van der Waals surface area (Å²) in [5.74, 6) is 4.74. The molecule has 0 spiro atoms. The molecule has 2 heteroatoms. The van der Waals surface area contributed by atoms with Crippen molar-refractivity contribution in [2.45, 2.75) is 71.9 Å². The monoisotopic (exact) mass is 287 g/mol. The Balaban J connectivity index is 1.43. The van der Waals surface area contributed by atoms with E-state index in [1.54, 1.807) is 0 Å². The van der Waals surface area contributed by atoms with Gasteiger partial charge in [-0.1, -0.05) is 27.7 Å². The third-order valence-electron chi connectivity index (χ3n) is 6.91. The van der Waals surface area contributed by atoms with Crippen molar-refractivity contribution in [3.8, 4) is 0 Å². The zero-order valence-electron chi connectivity index (χ0n) is 13.9. The highest BCUT2D eigenvalue weighted by Gasteiger charge is 2.58. The molecule has 3 aliphatic carbocycles. The molecule has 3 aliphatic rings. The normalized spacial score (nSPS) is 43.4. The van der Waals surface area contributed by atoms with Gasteiger partial charge in [0.15, 0.2) is 0 Å². The summed E-state index contributed by atoms with van der Waals surface area (Å²) >= 11 is 0. The number of rotatable bonds is 4. The van der Waals surface area contributed by atoms with Crippen molar-refractivity contribution >= 4 is 0 Å². The molecule has 5 unspecified atom stereocenters. The highest BCUT2D eigenvalue weighted by molar-refractivity contribution is 5.18. The molecule has 5 atom stereocenters. The Bertz CT molecular complexity index is 541. The quantitative estimate of drug-likeness (QED) is 0.867. The SMILES string of the molecule is CC1CC1c1ccc(CNC2C3(C)CCC(C3)C2(C)C)o1. The molecule has 3 fully saturated rings. The van der Waals surface area contributed by atoms with Crippen LogP contribution in [0, 0.1) is 22.7 Å². The smallest absolute Gasteiger partial charge is 0.117 e. The largest absolute Gasteiger partial charge is 0.464 e. The minimum Gasteiger partial charge on any atom is -0.464 e. The first-order chi connectivity index (χ1) is 9.90. The summed E-state index contributed by atoms with van der Waals surface area (Å²) in [6.07, 6.45) is 5.52. The van der Waals surface area contributed by atoms with E-state index in [0.717, 1.165) is 24.1 Å². The maximum Gasteiger partial charge on any atom is 0.117 e. The van der Waals surface area contributed by atoms with Crippen LogP contribution in [-0.2, 0) is 6.54 Å². The number of nitrogens with one attached hydrogen (secondary N) is 1. The van der Waals surface area contributed by atoms with Gasteiger partial charge in [0.1, 0.15) is 11.5 Å². The van der Waals surface area contributed by atoms with E-state index in [4.69, 9.17) is 4.42 Å². The second kappa shape index (κ2) is 4.38. The number of hydrogen-bond donors (Lipinski definition) is 1. The van der Waals surface area contributed by atoms with Crippen LogP contribution in [0.5, 0.6) is 0 Å². The maximum absolute atomic E-state index is 6.06. The lowest BCUT2D eigenvalue weighted by Gasteiger charge is -2.43. The zero-order chi connectivity index (χ0) is 14.8.